The van der Waals surface area contributed by atoms with Gasteiger partial charge in [-0.1, -0.05) is 55.2 Å². The molecule has 0 N–H and O–H groups in total. The van der Waals surface area contributed by atoms with Crippen LogP contribution in [-0.2, 0) is 13.1 Å². The van der Waals surface area contributed by atoms with Gasteiger partial charge in [0.2, 0.25) is 0 Å². The Morgan fingerprint density at radius 2 is 1.67 bits per heavy atom. The molecule has 1 aromatic carbocycles. The number of rotatable bonds is 6. The molecule has 1 aromatic heterocycles. The smallest absolute Gasteiger partial charge is 0.0775 e. The van der Waals surface area contributed by atoms with Crippen LogP contribution in [0, 0.1) is 0 Å². The fourth-order valence-electron chi connectivity index (χ4n) is 2.37. The molecule has 2 aromatic rings. The van der Waals surface area contributed by atoms with E-state index >= 15 is 0 Å². The summed E-state index contributed by atoms with van der Waals surface area (Å²) in [7, 11) is -1.18. The van der Waals surface area contributed by atoms with Gasteiger partial charge in [-0.05, 0) is 30.9 Å². The lowest BCUT2D eigenvalue weighted by Crippen LogP contribution is -2.37. The van der Waals surface area contributed by atoms with Crippen molar-refractivity contribution in [3.63, 3.8) is 0 Å². The molecular weight excluding hydrogens is 290 g/mol. The largest absolute Gasteiger partial charge is 0.292 e. The molecule has 0 saturated carbocycles. The minimum atomic E-state index is -1.18. The first kappa shape index (κ1) is 16.5. The molecule has 114 valence electrons. The van der Waals surface area contributed by atoms with Gasteiger partial charge in [0.15, 0.2) is 0 Å². The van der Waals surface area contributed by atoms with E-state index in [1.807, 2.05) is 11.3 Å². The summed E-state index contributed by atoms with van der Waals surface area (Å²) in [5.74, 6) is 0. The van der Waals surface area contributed by atoms with Crippen molar-refractivity contribution in [3.05, 3.63) is 52.2 Å². The van der Waals surface area contributed by atoms with Crippen molar-refractivity contribution in [2.45, 2.75) is 52.6 Å². The zero-order chi connectivity index (χ0) is 15.5. The second-order valence-electron chi connectivity index (χ2n) is 7.03. The maximum Gasteiger partial charge on any atom is 0.0775 e. The van der Waals surface area contributed by atoms with Gasteiger partial charge < -0.3 is 0 Å². The number of hydrogen-bond donors (Lipinski definition) is 0. The summed E-state index contributed by atoms with van der Waals surface area (Å²) in [5, 5.41) is 3.71. The standard InChI is InChI=1S/C18H27NSSi/c1-15(2)19(14-17-7-6-12-20-17)13-16-8-10-18(11-9-16)21(3,4)5/h6-12,15H,13-14H2,1-5H3. The summed E-state index contributed by atoms with van der Waals surface area (Å²) < 4.78 is 0. The van der Waals surface area contributed by atoms with Crippen LogP contribution in [0.25, 0.3) is 0 Å². The van der Waals surface area contributed by atoms with Crippen LogP contribution in [0.2, 0.25) is 19.6 Å². The molecule has 0 saturated heterocycles. The molecule has 2 rings (SSSR count). The van der Waals surface area contributed by atoms with Crippen LogP contribution in [0.5, 0.6) is 0 Å². The molecule has 3 heteroatoms. The second-order valence-corrected chi connectivity index (χ2v) is 13.1. The highest BCUT2D eigenvalue weighted by molar-refractivity contribution is 7.09. The van der Waals surface area contributed by atoms with E-state index in [0.29, 0.717) is 6.04 Å². The summed E-state index contributed by atoms with van der Waals surface area (Å²) in [6.07, 6.45) is 0. The van der Waals surface area contributed by atoms with Crippen LogP contribution in [0.3, 0.4) is 0 Å². The van der Waals surface area contributed by atoms with Gasteiger partial charge in [-0.2, -0.15) is 0 Å². The Balaban J connectivity index is 2.06. The Morgan fingerprint density at radius 3 is 2.14 bits per heavy atom. The second kappa shape index (κ2) is 6.90. The van der Waals surface area contributed by atoms with Gasteiger partial charge in [-0.25, -0.2) is 0 Å². The minimum Gasteiger partial charge on any atom is -0.292 e. The van der Waals surface area contributed by atoms with E-state index in [-0.39, 0.29) is 0 Å². The van der Waals surface area contributed by atoms with Crippen molar-refractivity contribution in [3.8, 4) is 0 Å². The van der Waals surface area contributed by atoms with Gasteiger partial charge in [0.25, 0.3) is 0 Å². The SMILES string of the molecule is CC(C)N(Cc1ccc([Si](C)(C)C)cc1)Cc1cccs1. The van der Waals surface area contributed by atoms with Crippen LogP contribution in [0.1, 0.15) is 24.3 Å². The van der Waals surface area contributed by atoms with Crippen molar-refractivity contribution in [1.29, 1.82) is 0 Å². The Morgan fingerprint density at radius 1 is 1.00 bits per heavy atom. The highest BCUT2D eigenvalue weighted by atomic mass is 32.1. The molecule has 1 nitrogen and oxygen atoms in total. The molecule has 0 atom stereocenters. The average Bonchev–Trinajstić information content (AvgIpc) is 2.90. The molecule has 0 amide bonds. The highest BCUT2D eigenvalue weighted by Gasteiger charge is 2.16. The summed E-state index contributed by atoms with van der Waals surface area (Å²) in [4.78, 5) is 3.98. The van der Waals surface area contributed by atoms with Crippen LogP contribution in [0.15, 0.2) is 41.8 Å². The first-order chi connectivity index (χ1) is 9.86. The molecule has 0 bridgehead atoms. The lowest BCUT2D eigenvalue weighted by molar-refractivity contribution is 0.205. The van der Waals surface area contributed by atoms with Crippen molar-refractivity contribution in [1.82, 2.24) is 4.90 Å². The number of hydrogen-bond acceptors (Lipinski definition) is 2. The highest BCUT2D eigenvalue weighted by Crippen LogP contribution is 2.16. The molecule has 0 radical (unpaired) electrons. The van der Waals surface area contributed by atoms with Gasteiger partial charge in [0, 0.05) is 24.0 Å². The fourth-order valence-corrected chi connectivity index (χ4v) is 4.26. The first-order valence-electron chi connectivity index (χ1n) is 7.72. The lowest BCUT2D eigenvalue weighted by atomic mass is 10.2. The maximum absolute atomic E-state index is 2.54. The van der Waals surface area contributed by atoms with Crippen molar-refractivity contribution >= 4 is 24.6 Å². The third kappa shape index (κ3) is 4.80. The van der Waals surface area contributed by atoms with Crippen LogP contribution < -0.4 is 5.19 Å². The van der Waals surface area contributed by atoms with Crippen LogP contribution in [0.4, 0.5) is 0 Å². The van der Waals surface area contributed by atoms with E-state index in [0.717, 1.165) is 13.1 Å². The Bertz CT molecular complexity index is 538. The summed E-state index contributed by atoms with van der Waals surface area (Å²) in [6, 6.07) is 14.2. The lowest BCUT2D eigenvalue weighted by Gasteiger charge is -2.26. The van der Waals surface area contributed by atoms with E-state index in [4.69, 9.17) is 0 Å². The summed E-state index contributed by atoms with van der Waals surface area (Å²) >= 11 is 1.85. The Kier molecular flexibility index (Phi) is 5.41. The van der Waals surface area contributed by atoms with E-state index < -0.39 is 8.07 Å². The van der Waals surface area contributed by atoms with Crippen LogP contribution >= 0.6 is 11.3 Å². The zero-order valence-corrected chi connectivity index (χ0v) is 15.7. The molecule has 21 heavy (non-hydrogen) atoms. The molecule has 0 spiro atoms. The zero-order valence-electron chi connectivity index (χ0n) is 13.9. The summed E-state index contributed by atoms with van der Waals surface area (Å²) in [6.45, 7) is 13.8. The van der Waals surface area contributed by atoms with Gasteiger partial charge in [-0.15, -0.1) is 11.3 Å². The molecule has 0 aliphatic rings. The minimum absolute atomic E-state index is 0.559. The van der Waals surface area contributed by atoms with E-state index in [2.05, 4.69) is 80.2 Å². The predicted octanol–water partition coefficient (Wildman–Crippen LogP) is 4.70. The van der Waals surface area contributed by atoms with E-state index in [1.54, 1.807) is 5.19 Å². The van der Waals surface area contributed by atoms with Crippen molar-refractivity contribution in [2.24, 2.45) is 0 Å². The molecule has 0 aliphatic carbocycles. The van der Waals surface area contributed by atoms with Crippen LogP contribution in [-0.4, -0.2) is 19.0 Å². The number of nitrogens with zero attached hydrogens (tertiary/aromatic N) is 1. The quantitative estimate of drug-likeness (QED) is 0.698. The Labute approximate surface area is 134 Å². The summed E-state index contributed by atoms with van der Waals surface area (Å²) in [5.41, 5.74) is 1.42. The van der Waals surface area contributed by atoms with Gasteiger partial charge in [-0.3, -0.25) is 4.90 Å². The molecule has 0 aliphatic heterocycles. The number of thiophene rings is 1. The normalized spacial score (nSPS) is 12.3. The van der Waals surface area contributed by atoms with Crippen molar-refractivity contribution < 1.29 is 0 Å². The molecule has 0 fully saturated rings. The van der Waals surface area contributed by atoms with Gasteiger partial charge >= 0.3 is 0 Å². The van der Waals surface area contributed by atoms with E-state index in [1.165, 1.54) is 10.4 Å². The molecular formula is C18H27NSSi. The first-order valence-corrected chi connectivity index (χ1v) is 12.1. The predicted molar refractivity (Wildman–Crippen MR) is 98.1 cm³/mol. The number of benzene rings is 1. The Hall–Kier alpha value is -0.903. The van der Waals surface area contributed by atoms with Gasteiger partial charge in [0.1, 0.15) is 0 Å². The van der Waals surface area contributed by atoms with E-state index in [9.17, 15) is 0 Å². The molecule has 1 heterocycles. The third-order valence-electron chi connectivity index (χ3n) is 3.87. The molecule has 0 unspecified atom stereocenters. The topological polar surface area (TPSA) is 3.24 Å². The van der Waals surface area contributed by atoms with Crippen molar-refractivity contribution in [2.75, 3.05) is 0 Å². The van der Waals surface area contributed by atoms with Gasteiger partial charge in [0.05, 0.1) is 8.07 Å². The maximum atomic E-state index is 2.54. The third-order valence-corrected chi connectivity index (χ3v) is 6.80. The fraction of sp³-hybridized carbons (Fsp3) is 0.444. The monoisotopic (exact) mass is 317 g/mol. The average molecular weight is 318 g/mol.